The van der Waals surface area contributed by atoms with Gasteiger partial charge in [0.15, 0.2) is 17.0 Å². The number of carbonyl (C=O) groups excluding carboxylic acids is 4. The molecule has 0 bridgehead atoms. The van der Waals surface area contributed by atoms with Crippen molar-refractivity contribution in [1.82, 2.24) is 48.5 Å². The third-order valence-corrected chi connectivity index (χ3v) is 11.6. The maximum atomic E-state index is 14.8. The molecule has 0 spiro atoms. The van der Waals surface area contributed by atoms with Crippen LogP contribution in [0.1, 0.15) is 67.2 Å². The van der Waals surface area contributed by atoms with Crippen LogP contribution in [-0.2, 0) is 30.9 Å². The van der Waals surface area contributed by atoms with Crippen molar-refractivity contribution in [2.24, 2.45) is 23.3 Å². The van der Waals surface area contributed by atoms with E-state index in [-0.39, 0.29) is 47.6 Å². The van der Waals surface area contributed by atoms with Crippen LogP contribution in [0.2, 0.25) is 0 Å². The van der Waals surface area contributed by atoms with Gasteiger partial charge in [-0.2, -0.15) is 9.67 Å². The Morgan fingerprint density at radius 3 is 2.23 bits per heavy atom. The number of nitrogens with zero attached hydrogens (tertiary/aromatic N) is 11. The third-order valence-electron chi connectivity index (χ3n) is 11.6. The third kappa shape index (κ3) is 6.93. The van der Waals surface area contributed by atoms with Crippen LogP contribution >= 0.6 is 0 Å². The Morgan fingerprint density at radius 1 is 0.869 bits per heavy atom. The minimum absolute atomic E-state index is 0.118. The van der Waals surface area contributed by atoms with E-state index in [0.29, 0.717) is 76.6 Å². The van der Waals surface area contributed by atoms with Gasteiger partial charge in [0, 0.05) is 81.4 Å². The van der Waals surface area contributed by atoms with Crippen LogP contribution in [0.15, 0.2) is 36.5 Å². The van der Waals surface area contributed by atoms with E-state index in [4.69, 9.17) is 26.3 Å². The van der Waals surface area contributed by atoms with Crippen LogP contribution in [-0.4, -0.2) is 112 Å². The Labute approximate surface area is 348 Å². The maximum absolute atomic E-state index is 14.8. The first kappa shape index (κ1) is 39.5. The molecular weight excluding hydrogens is 785 g/mol. The molecule has 0 unspecified atom stereocenters. The number of carbonyl (C=O) groups is 4. The maximum Gasteiger partial charge on any atom is 0.331 e. The van der Waals surface area contributed by atoms with Crippen LogP contribution in [0.4, 0.5) is 17.6 Å². The summed E-state index contributed by atoms with van der Waals surface area (Å²) in [7, 11) is 0. The Bertz CT molecular complexity index is 2800. The molecule has 3 aliphatic rings. The summed E-state index contributed by atoms with van der Waals surface area (Å²) in [6.07, 6.45) is 5.13. The van der Waals surface area contributed by atoms with E-state index in [2.05, 4.69) is 35.9 Å². The van der Waals surface area contributed by atoms with E-state index < -0.39 is 23.6 Å². The number of imidazole rings is 2. The SMILES string of the molecule is CCn1nc(C)c2c1C(=O)Nc1nc3cc(C(N)=O)cc(NCCN4C[C@H]5COC[C@H]5C4)c3n1C/C=C/Cn1c(nc3cc(C(N)=O)cnc31)NC(=O)c1n(CC)nc(C)[n+]1-2. The Hall–Kier alpha value is -7.00. The van der Waals surface area contributed by atoms with Gasteiger partial charge in [0.1, 0.15) is 12.1 Å². The van der Waals surface area contributed by atoms with Crippen molar-refractivity contribution in [2.45, 2.75) is 53.9 Å². The highest BCUT2D eigenvalue weighted by Gasteiger charge is 2.38. The lowest BCUT2D eigenvalue weighted by molar-refractivity contribution is -0.606. The van der Waals surface area contributed by atoms with E-state index in [9.17, 15) is 19.2 Å². The highest BCUT2D eigenvalue weighted by atomic mass is 16.5. The number of nitrogens with two attached hydrogens (primary N) is 2. The van der Waals surface area contributed by atoms with Crippen LogP contribution in [0, 0.1) is 25.7 Å². The number of anilines is 3. The molecule has 316 valence electrons. The number of nitrogens with one attached hydrogen (secondary N) is 3. The number of rotatable bonds is 8. The van der Waals surface area contributed by atoms with Crippen molar-refractivity contribution in [2.75, 3.05) is 55.3 Å². The standard InChI is InChI=1S/C40H46N16O5/c1-5-54-32-30(21(3)49-54)56-22(4)50-55(6-2)38(56)37(60)48-40-46-29-15-24(34(42)58)16-44-35(29)53(40)11-8-7-10-52-31-27(43-9-12-51-17-25-19-61-20-26(25)18-51)13-23(33(41)57)14-28(31)45-39(52)47-36(32)59/h7-8,13-16,25-26,43H,5-6,9-12,17-20H2,1-4H3,(H5-,41,42,45,46,47,48,57,58,59,60)/p+1/b8-7+/t25-,26+. The second-order valence-corrected chi connectivity index (χ2v) is 15.5. The molecule has 2 saturated heterocycles. The number of ether oxygens (including phenoxy) is 1. The van der Waals surface area contributed by atoms with Gasteiger partial charge in [-0.3, -0.25) is 39.1 Å². The van der Waals surface area contributed by atoms with E-state index in [0.717, 1.165) is 32.8 Å². The smallest absolute Gasteiger partial charge is 0.331 e. The van der Waals surface area contributed by atoms with Gasteiger partial charge in [0.05, 0.1) is 41.2 Å². The fraction of sp³-hybridized carbons (Fsp3) is 0.400. The van der Waals surface area contributed by atoms with Gasteiger partial charge >= 0.3 is 11.7 Å². The zero-order valence-corrected chi connectivity index (χ0v) is 34.3. The first-order valence-corrected chi connectivity index (χ1v) is 20.3. The largest absolute Gasteiger partial charge is 0.382 e. The van der Waals surface area contributed by atoms with E-state index in [1.165, 1.54) is 12.3 Å². The van der Waals surface area contributed by atoms with Gasteiger partial charge in [-0.05, 0) is 39.0 Å². The number of allylic oxidation sites excluding steroid dienone is 2. The molecular formula is C40H47N16O5+. The number of fused-ring (bicyclic) bond motifs is 10. The zero-order valence-electron chi connectivity index (χ0n) is 34.3. The Morgan fingerprint density at radius 2 is 1.52 bits per heavy atom. The first-order chi connectivity index (χ1) is 29.4. The van der Waals surface area contributed by atoms with Gasteiger partial charge in [-0.1, -0.05) is 12.2 Å². The minimum Gasteiger partial charge on any atom is -0.382 e. The topological polar surface area (TPSA) is 257 Å². The molecule has 1 aromatic carbocycles. The molecule has 0 radical (unpaired) electrons. The van der Waals surface area contributed by atoms with Gasteiger partial charge < -0.3 is 31.0 Å². The summed E-state index contributed by atoms with van der Waals surface area (Å²) >= 11 is 0. The molecule has 8 heterocycles. The molecule has 0 saturated carbocycles. The molecule has 2 fully saturated rings. The molecule has 21 heteroatoms. The molecule has 9 rings (SSSR count). The molecule has 6 aromatic rings. The number of hydrogen-bond donors (Lipinski definition) is 5. The molecule has 3 aliphatic heterocycles. The summed E-state index contributed by atoms with van der Waals surface area (Å²) in [6.45, 7) is 13.2. The fourth-order valence-corrected chi connectivity index (χ4v) is 8.76. The number of amides is 4. The fourth-order valence-electron chi connectivity index (χ4n) is 8.76. The van der Waals surface area contributed by atoms with Crippen molar-refractivity contribution >= 4 is 63.4 Å². The summed E-state index contributed by atoms with van der Waals surface area (Å²) in [4.78, 5) is 70.6. The number of hydrogen-bond acceptors (Lipinski definition) is 12. The zero-order chi connectivity index (χ0) is 42.7. The average molecular weight is 832 g/mol. The number of pyridine rings is 1. The molecule has 61 heavy (non-hydrogen) atoms. The van der Waals surface area contributed by atoms with Crippen molar-refractivity contribution in [1.29, 1.82) is 0 Å². The predicted octanol–water partition coefficient (Wildman–Crippen LogP) is 1.37. The second kappa shape index (κ2) is 15.6. The predicted molar refractivity (Wildman–Crippen MR) is 222 cm³/mol. The monoisotopic (exact) mass is 831 g/mol. The lowest BCUT2D eigenvalue weighted by atomic mass is 10.0. The molecule has 21 nitrogen and oxygen atoms in total. The van der Waals surface area contributed by atoms with Crippen LogP contribution < -0.4 is 32.0 Å². The van der Waals surface area contributed by atoms with Crippen molar-refractivity contribution in [3.63, 3.8) is 0 Å². The van der Waals surface area contributed by atoms with Gasteiger partial charge in [-0.25, -0.2) is 15.0 Å². The van der Waals surface area contributed by atoms with Gasteiger partial charge in [0.2, 0.25) is 23.7 Å². The lowest BCUT2D eigenvalue weighted by Crippen LogP contribution is -2.44. The van der Waals surface area contributed by atoms with Crippen LogP contribution in [0.3, 0.4) is 0 Å². The number of primary amides is 2. The highest BCUT2D eigenvalue weighted by Crippen LogP contribution is 2.32. The van der Waals surface area contributed by atoms with E-state index in [1.807, 2.05) is 30.6 Å². The Balaban J connectivity index is 1.20. The molecule has 2 atom stereocenters. The average Bonchev–Trinajstić information content (AvgIpc) is 4.08. The first-order valence-electron chi connectivity index (χ1n) is 20.3. The van der Waals surface area contributed by atoms with Crippen molar-refractivity contribution < 1.29 is 28.5 Å². The van der Waals surface area contributed by atoms with E-state index in [1.54, 1.807) is 44.5 Å². The van der Waals surface area contributed by atoms with Crippen LogP contribution in [0.5, 0.6) is 0 Å². The number of aryl methyl sites for hydroxylation is 4. The molecule has 7 N–H and O–H groups in total. The van der Waals surface area contributed by atoms with E-state index >= 15 is 0 Å². The van der Waals surface area contributed by atoms with Gasteiger partial charge in [0.25, 0.3) is 11.7 Å². The lowest BCUT2D eigenvalue weighted by Gasteiger charge is -2.18. The molecule has 4 amide bonds. The summed E-state index contributed by atoms with van der Waals surface area (Å²) in [5, 5.41) is 19.0. The molecule has 5 aromatic heterocycles. The summed E-state index contributed by atoms with van der Waals surface area (Å²) in [6, 6.07) is 4.86. The molecule has 0 aliphatic carbocycles. The van der Waals surface area contributed by atoms with Crippen molar-refractivity contribution in [3.8, 4) is 5.69 Å². The summed E-state index contributed by atoms with van der Waals surface area (Å²) in [5.74, 6) is -0.380. The number of benzene rings is 1. The van der Waals surface area contributed by atoms with Crippen LogP contribution in [0.25, 0.3) is 27.9 Å². The van der Waals surface area contributed by atoms with Gasteiger partial charge in [-0.15, -0.1) is 4.68 Å². The Kier molecular flexibility index (Phi) is 10.1. The highest BCUT2D eigenvalue weighted by molar-refractivity contribution is 6.07. The minimum atomic E-state index is -0.668. The normalized spacial score (nSPS) is 18.6. The summed E-state index contributed by atoms with van der Waals surface area (Å²) < 4.78 is 14.0. The number of likely N-dealkylation sites (tertiary alicyclic amines) is 1. The second-order valence-electron chi connectivity index (χ2n) is 15.5. The van der Waals surface area contributed by atoms with Crippen molar-refractivity contribution in [3.05, 3.63) is 70.7 Å². The summed E-state index contributed by atoms with van der Waals surface area (Å²) in [5.41, 5.74) is 15.3. The number of aromatic nitrogens is 10. The quantitative estimate of drug-likeness (QED) is 0.108.